The van der Waals surface area contributed by atoms with E-state index in [1.165, 1.54) is 19.3 Å². The highest BCUT2D eigenvalue weighted by molar-refractivity contribution is 7.92. The Labute approximate surface area is 132 Å². The minimum Gasteiger partial charge on any atom is -0.223 e. The lowest BCUT2D eigenvalue weighted by Gasteiger charge is -2.30. The first-order chi connectivity index (χ1) is 10.6. The smallest absolute Gasteiger partial charge is 0.181 e. The number of allylic oxidation sites excluding steroid dienone is 2. The molecule has 1 aromatic carbocycles. The third kappa shape index (κ3) is 1.49. The van der Waals surface area contributed by atoms with Crippen LogP contribution in [0.3, 0.4) is 0 Å². The summed E-state index contributed by atoms with van der Waals surface area (Å²) >= 11 is 0. The summed E-state index contributed by atoms with van der Waals surface area (Å²) < 4.78 is 26.3. The normalized spacial score (nSPS) is 42.2. The van der Waals surface area contributed by atoms with E-state index >= 15 is 0 Å². The molecular formula is C19H22O2S. The molecule has 4 bridgehead atoms. The lowest BCUT2D eigenvalue weighted by molar-refractivity contribution is 0.410. The average molecular weight is 314 g/mol. The number of rotatable bonds is 2. The molecule has 0 radical (unpaired) electrons. The van der Waals surface area contributed by atoms with E-state index in [-0.39, 0.29) is 5.25 Å². The topological polar surface area (TPSA) is 34.1 Å². The highest BCUT2D eigenvalue weighted by Gasteiger charge is 2.60. The van der Waals surface area contributed by atoms with E-state index in [4.69, 9.17) is 0 Å². The fraction of sp³-hybridized carbons (Fsp3) is 0.579. The monoisotopic (exact) mass is 314 g/mol. The lowest BCUT2D eigenvalue weighted by atomic mass is 9.82. The Kier molecular flexibility index (Phi) is 2.58. The van der Waals surface area contributed by atoms with Crippen molar-refractivity contribution in [3.05, 3.63) is 41.5 Å². The summed E-state index contributed by atoms with van der Waals surface area (Å²) in [6.07, 6.45) is 4.85. The van der Waals surface area contributed by atoms with Gasteiger partial charge in [0.15, 0.2) is 9.84 Å². The van der Waals surface area contributed by atoms with Crippen LogP contribution >= 0.6 is 0 Å². The molecule has 116 valence electrons. The van der Waals surface area contributed by atoms with Gasteiger partial charge in [-0.15, -0.1) is 0 Å². The molecule has 5 rings (SSSR count). The Morgan fingerprint density at radius 1 is 0.955 bits per heavy atom. The molecule has 6 atom stereocenters. The average Bonchev–Trinajstić information content (AvgIpc) is 3.27. The van der Waals surface area contributed by atoms with Crippen LogP contribution in [0.15, 0.2) is 46.4 Å². The summed E-state index contributed by atoms with van der Waals surface area (Å²) in [7, 11) is -3.19. The van der Waals surface area contributed by atoms with Crippen molar-refractivity contribution in [1.29, 1.82) is 0 Å². The van der Waals surface area contributed by atoms with Crippen LogP contribution in [0.2, 0.25) is 0 Å². The van der Waals surface area contributed by atoms with E-state index in [2.05, 4.69) is 6.92 Å². The Hall–Kier alpha value is -1.09. The number of hydrogen-bond acceptors (Lipinski definition) is 2. The van der Waals surface area contributed by atoms with Crippen molar-refractivity contribution >= 4 is 9.84 Å². The molecule has 1 aromatic rings. The minimum absolute atomic E-state index is 0.173. The van der Waals surface area contributed by atoms with Gasteiger partial charge in [-0.25, -0.2) is 8.42 Å². The molecule has 0 N–H and O–H groups in total. The van der Waals surface area contributed by atoms with Gasteiger partial charge < -0.3 is 0 Å². The van der Waals surface area contributed by atoms with Crippen molar-refractivity contribution < 1.29 is 8.42 Å². The summed E-state index contributed by atoms with van der Waals surface area (Å²) in [6, 6.07) is 9.10. The second-order valence-corrected chi connectivity index (χ2v) is 9.91. The minimum atomic E-state index is -3.19. The second-order valence-electron chi connectivity index (χ2n) is 7.74. The van der Waals surface area contributed by atoms with Crippen molar-refractivity contribution in [3.8, 4) is 0 Å². The van der Waals surface area contributed by atoms with Crippen molar-refractivity contribution in [3.63, 3.8) is 0 Å². The second kappa shape index (κ2) is 4.25. The van der Waals surface area contributed by atoms with E-state index in [1.807, 2.05) is 18.2 Å². The molecule has 2 saturated carbocycles. The van der Waals surface area contributed by atoms with E-state index < -0.39 is 9.84 Å². The standard InChI is InChI=1S/C19H22O2S/c1-11-15-10-16(22(20,21)14-5-3-2-4-6-14)17(11)19-13-8-7-12(9-13)18(15)19/h2-6,11-13,15-17H,7-10H2,1H3/t11-,12-,13-,15+,16+,17-/m0/s1. The lowest BCUT2D eigenvalue weighted by Crippen LogP contribution is -2.31. The van der Waals surface area contributed by atoms with E-state index in [9.17, 15) is 8.42 Å². The highest BCUT2D eigenvalue weighted by Crippen LogP contribution is 2.66. The fourth-order valence-corrected chi connectivity index (χ4v) is 8.33. The summed E-state index contributed by atoms with van der Waals surface area (Å²) in [6.45, 7) is 2.30. The van der Waals surface area contributed by atoms with Crippen molar-refractivity contribution in [2.75, 3.05) is 0 Å². The van der Waals surface area contributed by atoms with Crippen molar-refractivity contribution in [1.82, 2.24) is 0 Å². The molecule has 0 aromatic heterocycles. The third-order valence-corrected chi connectivity index (χ3v) is 9.17. The molecular weight excluding hydrogens is 292 g/mol. The predicted molar refractivity (Wildman–Crippen MR) is 86.0 cm³/mol. The van der Waals surface area contributed by atoms with Crippen LogP contribution in [-0.4, -0.2) is 13.7 Å². The maximum atomic E-state index is 13.1. The van der Waals surface area contributed by atoms with Crippen LogP contribution in [0.5, 0.6) is 0 Å². The number of fused-ring (bicyclic) bond motifs is 8. The van der Waals surface area contributed by atoms with Gasteiger partial charge in [0.25, 0.3) is 0 Å². The van der Waals surface area contributed by atoms with Gasteiger partial charge in [0, 0.05) is 5.92 Å². The molecule has 2 nitrogen and oxygen atoms in total. The molecule has 22 heavy (non-hydrogen) atoms. The van der Waals surface area contributed by atoms with Crippen LogP contribution in [0.25, 0.3) is 0 Å². The first-order valence-corrected chi connectivity index (χ1v) is 10.2. The number of hydrogen-bond donors (Lipinski definition) is 0. The summed E-state index contributed by atoms with van der Waals surface area (Å²) in [5.41, 5.74) is 3.32. The van der Waals surface area contributed by atoms with Gasteiger partial charge in [-0.2, -0.15) is 0 Å². The molecule has 4 aliphatic carbocycles. The third-order valence-electron chi connectivity index (χ3n) is 6.96. The van der Waals surface area contributed by atoms with Gasteiger partial charge in [0.2, 0.25) is 0 Å². The van der Waals surface area contributed by atoms with Crippen LogP contribution in [-0.2, 0) is 9.84 Å². The molecule has 4 aliphatic rings. The Morgan fingerprint density at radius 2 is 1.64 bits per heavy atom. The Bertz CT molecular complexity index is 762. The molecule has 0 saturated heterocycles. The summed E-state index contributed by atoms with van der Waals surface area (Å²) in [4.78, 5) is 0.519. The maximum absolute atomic E-state index is 13.1. The van der Waals surface area contributed by atoms with Crippen molar-refractivity contribution in [2.24, 2.45) is 29.6 Å². The zero-order valence-corrected chi connectivity index (χ0v) is 13.7. The van der Waals surface area contributed by atoms with E-state index in [0.29, 0.717) is 28.6 Å². The van der Waals surface area contributed by atoms with Crippen LogP contribution < -0.4 is 0 Å². The van der Waals surface area contributed by atoms with Gasteiger partial charge in [-0.3, -0.25) is 0 Å². The maximum Gasteiger partial charge on any atom is 0.181 e. The zero-order valence-electron chi connectivity index (χ0n) is 12.9. The Morgan fingerprint density at radius 3 is 2.36 bits per heavy atom. The molecule has 3 heteroatoms. The van der Waals surface area contributed by atoms with Crippen molar-refractivity contribution in [2.45, 2.75) is 42.8 Å². The first kappa shape index (κ1) is 13.4. The molecule has 0 spiro atoms. The van der Waals surface area contributed by atoms with Crippen LogP contribution in [0.1, 0.15) is 32.6 Å². The van der Waals surface area contributed by atoms with E-state index in [1.54, 1.807) is 23.3 Å². The molecule has 0 aliphatic heterocycles. The SMILES string of the molecule is C[C@@H]1[C@@H]2C3=C([C@H]4CC[C@H]3C4)[C@@H]1C[C@H]2S(=O)(=O)c1ccccc1. The number of benzene rings is 1. The van der Waals surface area contributed by atoms with Gasteiger partial charge in [0.1, 0.15) is 0 Å². The number of sulfone groups is 1. The molecule has 0 amide bonds. The Balaban J connectivity index is 1.59. The highest BCUT2D eigenvalue weighted by atomic mass is 32.2. The van der Waals surface area contributed by atoms with Gasteiger partial charge in [-0.1, -0.05) is 36.3 Å². The molecule has 0 heterocycles. The van der Waals surface area contributed by atoms with Gasteiger partial charge in [0.05, 0.1) is 10.1 Å². The van der Waals surface area contributed by atoms with Crippen LogP contribution in [0.4, 0.5) is 0 Å². The van der Waals surface area contributed by atoms with Crippen LogP contribution in [0, 0.1) is 29.6 Å². The zero-order chi connectivity index (χ0) is 15.1. The van der Waals surface area contributed by atoms with Gasteiger partial charge >= 0.3 is 0 Å². The summed E-state index contributed by atoms with van der Waals surface area (Å²) in [5, 5.41) is -0.173. The first-order valence-electron chi connectivity index (χ1n) is 8.62. The molecule has 2 fully saturated rings. The van der Waals surface area contributed by atoms with E-state index in [0.717, 1.165) is 12.3 Å². The summed E-state index contributed by atoms with van der Waals surface area (Å²) in [5.74, 6) is 2.92. The van der Waals surface area contributed by atoms with Gasteiger partial charge in [-0.05, 0) is 61.5 Å². The molecule has 0 unspecified atom stereocenters. The predicted octanol–water partition coefficient (Wildman–Crippen LogP) is 3.84. The largest absolute Gasteiger partial charge is 0.223 e. The fourth-order valence-electron chi connectivity index (χ4n) is 6.20. The quantitative estimate of drug-likeness (QED) is 0.614.